The average molecular weight is 439 g/mol. The number of likely N-dealkylation sites (tertiary alicyclic amines) is 1. The van der Waals surface area contributed by atoms with Crippen LogP contribution in [-0.4, -0.2) is 43.7 Å². The van der Waals surface area contributed by atoms with Gasteiger partial charge in [-0.2, -0.15) is 13.2 Å². The summed E-state index contributed by atoms with van der Waals surface area (Å²) in [7, 11) is 1.74. The van der Waals surface area contributed by atoms with Gasteiger partial charge < -0.3 is 9.47 Å². The third kappa shape index (κ3) is 3.58. The lowest BCUT2D eigenvalue weighted by molar-refractivity contribution is -0.183. The van der Waals surface area contributed by atoms with Gasteiger partial charge in [0.05, 0.1) is 5.39 Å². The Morgan fingerprint density at radius 3 is 2.63 bits per heavy atom. The van der Waals surface area contributed by atoms with Crippen LogP contribution >= 0.6 is 11.6 Å². The van der Waals surface area contributed by atoms with E-state index in [0.717, 1.165) is 15.0 Å². The van der Waals surface area contributed by atoms with Crippen LogP contribution in [-0.2, 0) is 18.4 Å². The Morgan fingerprint density at radius 2 is 1.97 bits per heavy atom. The molecule has 1 aromatic carbocycles. The number of fused-ring (bicyclic) bond motifs is 1. The van der Waals surface area contributed by atoms with Crippen molar-refractivity contribution in [3.8, 4) is 11.1 Å². The number of hydrogen-bond acceptors (Lipinski definition) is 3. The second-order valence-corrected chi connectivity index (χ2v) is 7.76. The maximum Gasteiger partial charge on any atom is 0.408 e. The normalized spacial score (nSPS) is 17.1. The summed E-state index contributed by atoms with van der Waals surface area (Å²) in [4.78, 5) is 30.8. The molecule has 3 aromatic rings. The summed E-state index contributed by atoms with van der Waals surface area (Å²) in [6.07, 6.45) is -1.38. The molecule has 4 rings (SSSR count). The summed E-state index contributed by atoms with van der Waals surface area (Å²) in [5, 5.41) is 0.842. The minimum atomic E-state index is -4.49. The van der Waals surface area contributed by atoms with Crippen molar-refractivity contribution in [2.24, 2.45) is 7.05 Å². The second kappa shape index (κ2) is 7.46. The molecule has 3 heterocycles. The number of amides is 1. The lowest BCUT2D eigenvalue weighted by Crippen LogP contribution is -2.46. The first-order valence-electron chi connectivity index (χ1n) is 9.33. The molecule has 1 aliphatic rings. The Balaban J connectivity index is 1.72. The summed E-state index contributed by atoms with van der Waals surface area (Å²) in [5.41, 5.74) is 1.28. The number of nitrogens with zero attached hydrogens (tertiary/aromatic N) is 4. The zero-order valence-corrected chi connectivity index (χ0v) is 16.7. The summed E-state index contributed by atoms with van der Waals surface area (Å²) in [5.74, 6) is -0.748. The number of carbonyl (C=O) groups is 1. The van der Waals surface area contributed by atoms with E-state index in [1.165, 1.54) is 6.33 Å². The van der Waals surface area contributed by atoms with E-state index in [9.17, 15) is 22.8 Å². The largest absolute Gasteiger partial charge is 0.408 e. The minimum Gasteiger partial charge on any atom is -0.335 e. The predicted molar refractivity (Wildman–Crippen MR) is 106 cm³/mol. The zero-order chi connectivity index (χ0) is 21.6. The molecule has 0 N–H and O–H groups in total. The molecule has 0 saturated carbocycles. The highest BCUT2D eigenvalue weighted by Crippen LogP contribution is 2.33. The van der Waals surface area contributed by atoms with Crippen LogP contribution in [0, 0.1) is 0 Å². The third-order valence-corrected chi connectivity index (χ3v) is 5.61. The molecular formula is C20H18ClF3N4O2. The molecule has 1 saturated heterocycles. The molecule has 30 heavy (non-hydrogen) atoms. The van der Waals surface area contributed by atoms with Crippen LogP contribution in [0.1, 0.15) is 12.8 Å². The van der Waals surface area contributed by atoms with Crippen LogP contribution in [0.3, 0.4) is 0 Å². The summed E-state index contributed by atoms with van der Waals surface area (Å²) in [6.45, 7) is -0.474. The molecule has 0 spiro atoms. The SMILES string of the molecule is Cn1cc(-c2ccc(Cl)cc2)c2c(=O)n(CC(=O)N3CCCC3C(F)(F)F)cnc21. The van der Waals surface area contributed by atoms with Gasteiger partial charge in [0.15, 0.2) is 0 Å². The topological polar surface area (TPSA) is 60.1 Å². The molecular weight excluding hydrogens is 421 g/mol. The lowest BCUT2D eigenvalue weighted by Gasteiger charge is -2.26. The number of rotatable bonds is 3. The molecule has 1 atom stereocenters. The molecule has 158 valence electrons. The van der Waals surface area contributed by atoms with Crippen molar-refractivity contribution in [3.05, 3.63) is 52.2 Å². The van der Waals surface area contributed by atoms with Gasteiger partial charge in [-0.1, -0.05) is 23.7 Å². The maximum atomic E-state index is 13.2. The Morgan fingerprint density at radius 1 is 1.27 bits per heavy atom. The first-order valence-corrected chi connectivity index (χ1v) is 9.71. The quantitative estimate of drug-likeness (QED) is 0.627. The van der Waals surface area contributed by atoms with Gasteiger partial charge in [-0.15, -0.1) is 0 Å². The van der Waals surface area contributed by atoms with Gasteiger partial charge in [-0.3, -0.25) is 14.2 Å². The van der Waals surface area contributed by atoms with Crippen molar-refractivity contribution >= 4 is 28.5 Å². The van der Waals surface area contributed by atoms with Crippen LogP contribution in [0.5, 0.6) is 0 Å². The molecule has 1 fully saturated rings. The molecule has 0 aliphatic carbocycles. The maximum absolute atomic E-state index is 13.2. The second-order valence-electron chi connectivity index (χ2n) is 7.32. The van der Waals surface area contributed by atoms with Crippen LogP contribution in [0.25, 0.3) is 22.2 Å². The first-order chi connectivity index (χ1) is 14.2. The molecule has 1 unspecified atom stereocenters. The highest BCUT2D eigenvalue weighted by Gasteiger charge is 2.47. The van der Waals surface area contributed by atoms with Gasteiger partial charge in [-0.25, -0.2) is 4.98 Å². The predicted octanol–water partition coefficient (Wildman–Crippen LogP) is 3.61. The van der Waals surface area contributed by atoms with E-state index in [4.69, 9.17) is 11.6 Å². The van der Waals surface area contributed by atoms with Crippen LogP contribution < -0.4 is 5.56 Å². The molecule has 0 radical (unpaired) electrons. The van der Waals surface area contributed by atoms with Crippen LogP contribution in [0.2, 0.25) is 5.02 Å². The van der Waals surface area contributed by atoms with Crippen LogP contribution in [0.15, 0.2) is 41.6 Å². The van der Waals surface area contributed by atoms with E-state index in [1.807, 2.05) is 0 Å². The van der Waals surface area contributed by atoms with Gasteiger partial charge in [-0.05, 0) is 30.5 Å². The van der Waals surface area contributed by atoms with E-state index >= 15 is 0 Å². The summed E-state index contributed by atoms with van der Waals surface area (Å²) >= 11 is 5.94. The van der Waals surface area contributed by atoms with E-state index in [1.54, 1.807) is 42.1 Å². The minimum absolute atomic E-state index is 0.0226. The first kappa shape index (κ1) is 20.5. The number of hydrogen-bond donors (Lipinski definition) is 0. The van der Waals surface area contributed by atoms with E-state index in [-0.39, 0.29) is 19.4 Å². The molecule has 0 bridgehead atoms. The number of carbonyl (C=O) groups excluding carboxylic acids is 1. The molecule has 6 nitrogen and oxygen atoms in total. The Labute approximate surface area is 174 Å². The Hall–Kier alpha value is -2.81. The Kier molecular flexibility index (Phi) is 5.09. The van der Waals surface area contributed by atoms with Crippen molar-refractivity contribution in [2.75, 3.05) is 6.54 Å². The van der Waals surface area contributed by atoms with Crippen LogP contribution in [0.4, 0.5) is 13.2 Å². The highest BCUT2D eigenvalue weighted by molar-refractivity contribution is 6.30. The molecule has 1 amide bonds. The summed E-state index contributed by atoms with van der Waals surface area (Å²) in [6, 6.07) is 5.10. The monoisotopic (exact) mass is 438 g/mol. The van der Waals surface area contributed by atoms with Gasteiger partial charge in [0.1, 0.15) is 24.6 Å². The molecule has 1 aliphatic heterocycles. The fourth-order valence-corrected chi connectivity index (χ4v) is 4.03. The third-order valence-electron chi connectivity index (χ3n) is 5.36. The molecule has 2 aromatic heterocycles. The molecule has 10 heteroatoms. The van der Waals surface area contributed by atoms with Crippen molar-refractivity contribution in [1.82, 2.24) is 19.0 Å². The number of aryl methyl sites for hydroxylation is 1. The van der Waals surface area contributed by atoms with E-state index < -0.39 is 30.2 Å². The fourth-order valence-electron chi connectivity index (χ4n) is 3.91. The van der Waals surface area contributed by atoms with Gasteiger partial charge >= 0.3 is 6.18 Å². The Bertz CT molecular complexity index is 1170. The average Bonchev–Trinajstić information content (AvgIpc) is 3.30. The highest BCUT2D eigenvalue weighted by atomic mass is 35.5. The number of halogens is 4. The van der Waals surface area contributed by atoms with Gasteiger partial charge in [0.25, 0.3) is 5.56 Å². The van der Waals surface area contributed by atoms with E-state index in [2.05, 4.69) is 4.98 Å². The number of alkyl halides is 3. The zero-order valence-electron chi connectivity index (χ0n) is 16.0. The summed E-state index contributed by atoms with van der Waals surface area (Å²) < 4.78 is 42.3. The fraction of sp³-hybridized carbons (Fsp3) is 0.350. The van der Waals surface area contributed by atoms with Crippen molar-refractivity contribution in [2.45, 2.75) is 31.6 Å². The van der Waals surface area contributed by atoms with Crippen molar-refractivity contribution in [1.29, 1.82) is 0 Å². The standard InChI is InChI=1S/C20H18ClF3N4O2/c1-26-9-14(12-4-6-13(21)7-5-12)17-18(26)25-11-27(19(17)30)10-16(29)28-8-2-3-15(28)20(22,23)24/h4-7,9,11,15H,2-3,8,10H2,1H3. The smallest absolute Gasteiger partial charge is 0.335 e. The van der Waals surface area contributed by atoms with Gasteiger partial charge in [0.2, 0.25) is 5.91 Å². The van der Waals surface area contributed by atoms with Gasteiger partial charge in [0, 0.05) is 30.4 Å². The number of benzene rings is 1. The van der Waals surface area contributed by atoms with Crippen molar-refractivity contribution < 1.29 is 18.0 Å². The number of aromatic nitrogens is 3. The lowest BCUT2D eigenvalue weighted by atomic mass is 10.1. The van der Waals surface area contributed by atoms with E-state index in [0.29, 0.717) is 21.6 Å². The van der Waals surface area contributed by atoms with Crippen molar-refractivity contribution in [3.63, 3.8) is 0 Å².